The third-order valence-electron chi connectivity index (χ3n) is 5.79. The van der Waals surface area contributed by atoms with Crippen LogP contribution < -0.4 is 9.80 Å². The summed E-state index contributed by atoms with van der Waals surface area (Å²) in [6.07, 6.45) is 4.50. The van der Waals surface area contributed by atoms with Crippen LogP contribution in [0.4, 0.5) is 11.5 Å². The Hall–Kier alpha value is -2.89. The summed E-state index contributed by atoms with van der Waals surface area (Å²) in [6, 6.07) is 12.3. The number of piperidine rings is 1. The van der Waals surface area contributed by atoms with Crippen molar-refractivity contribution in [1.82, 2.24) is 14.6 Å². The van der Waals surface area contributed by atoms with Crippen molar-refractivity contribution in [1.29, 1.82) is 0 Å². The molecule has 6 heteroatoms. The SMILES string of the molecule is Cc1cc(N2CCC(C(=O)N3CCc4ccccc43)CC2)n2nccc2n1. The molecule has 3 aromatic rings. The van der Waals surface area contributed by atoms with E-state index < -0.39 is 0 Å². The molecule has 2 aromatic heterocycles. The molecule has 0 bridgehead atoms. The lowest BCUT2D eigenvalue weighted by Gasteiger charge is -2.34. The molecule has 1 aromatic carbocycles. The van der Waals surface area contributed by atoms with Crippen molar-refractivity contribution in [2.45, 2.75) is 26.2 Å². The van der Waals surface area contributed by atoms with Crippen LogP contribution >= 0.6 is 0 Å². The normalized spacial score (nSPS) is 17.5. The number of carbonyl (C=O) groups excluding carboxylic acids is 1. The van der Waals surface area contributed by atoms with Crippen molar-refractivity contribution in [3.63, 3.8) is 0 Å². The van der Waals surface area contributed by atoms with Crippen molar-refractivity contribution in [2.75, 3.05) is 29.4 Å². The number of amides is 1. The van der Waals surface area contributed by atoms with Gasteiger partial charge in [0.2, 0.25) is 5.91 Å². The molecule has 0 atom stereocenters. The second-order valence-electron chi connectivity index (χ2n) is 7.49. The Morgan fingerprint density at radius 3 is 2.78 bits per heavy atom. The van der Waals surface area contributed by atoms with Gasteiger partial charge in [0.1, 0.15) is 5.82 Å². The summed E-state index contributed by atoms with van der Waals surface area (Å²) < 4.78 is 1.89. The summed E-state index contributed by atoms with van der Waals surface area (Å²) in [6.45, 7) is 4.56. The zero-order valence-corrected chi connectivity index (χ0v) is 15.5. The highest BCUT2D eigenvalue weighted by Gasteiger charge is 2.32. The van der Waals surface area contributed by atoms with Crippen molar-refractivity contribution in [3.8, 4) is 0 Å². The zero-order valence-electron chi connectivity index (χ0n) is 15.5. The van der Waals surface area contributed by atoms with Gasteiger partial charge in [0.15, 0.2) is 5.65 Å². The predicted octanol–water partition coefficient (Wildman–Crippen LogP) is 2.84. The fourth-order valence-corrected chi connectivity index (χ4v) is 4.39. The van der Waals surface area contributed by atoms with E-state index in [0.717, 1.165) is 61.7 Å². The maximum atomic E-state index is 13.1. The third-order valence-corrected chi connectivity index (χ3v) is 5.79. The number of aryl methyl sites for hydroxylation is 1. The van der Waals surface area contributed by atoms with Crippen LogP contribution in [0.1, 0.15) is 24.1 Å². The molecule has 2 aliphatic rings. The van der Waals surface area contributed by atoms with Crippen LogP contribution in [0.25, 0.3) is 5.65 Å². The van der Waals surface area contributed by atoms with Crippen LogP contribution in [0.15, 0.2) is 42.6 Å². The number of hydrogen-bond acceptors (Lipinski definition) is 4. The Morgan fingerprint density at radius 1 is 1.11 bits per heavy atom. The molecule has 4 heterocycles. The molecule has 0 saturated carbocycles. The molecule has 2 aliphatic heterocycles. The first-order valence-corrected chi connectivity index (χ1v) is 9.66. The maximum Gasteiger partial charge on any atom is 0.230 e. The summed E-state index contributed by atoms with van der Waals surface area (Å²) in [4.78, 5) is 22.0. The first-order chi connectivity index (χ1) is 13.2. The van der Waals surface area contributed by atoms with Gasteiger partial charge in [0.05, 0.1) is 6.20 Å². The molecule has 0 unspecified atom stereocenters. The Morgan fingerprint density at radius 2 is 1.93 bits per heavy atom. The van der Waals surface area contributed by atoms with E-state index in [0.29, 0.717) is 0 Å². The molecule has 138 valence electrons. The topological polar surface area (TPSA) is 53.7 Å². The van der Waals surface area contributed by atoms with E-state index in [9.17, 15) is 4.79 Å². The highest BCUT2D eigenvalue weighted by atomic mass is 16.2. The van der Waals surface area contributed by atoms with E-state index in [2.05, 4.69) is 39.2 Å². The second-order valence-corrected chi connectivity index (χ2v) is 7.49. The van der Waals surface area contributed by atoms with E-state index in [1.54, 1.807) is 6.20 Å². The van der Waals surface area contributed by atoms with Crippen molar-refractivity contribution in [3.05, 3.63) is 53.9 Å². The highest BCUT2D eigenvalue weighted by molar-refractivity contribution is 5.97. The minimum Gasteiger partial charge on any atom is -0.356 e. The maximum absolute atomic E-state index is 13.1. The van der Waals surface area contributed by atoms with Gasteiger partial charge in [-0.25, -0.2) is 4.98 Å². The summed E-state index contributed by atoms with van der Waals surface area (Å²) in [5.41, 5.74) is 4.26. The van der Waals surface area contributed by atoms with Gasteiger partial charge in [-0.05, 0) is 37.8 Å². The lowest BCUT2D eigenvalue weighted by atomic mass is 9.95. The van der Waals surface area contributed by atoms with Gasteiger partial charge in [-0.1, -0.05) is 18.2 Å². The lowest BCUT2D eigenvalue weighted by Crippen LogP contribution is -2.42. The first kappa shape index (κ1) is 16.3. The number of benzene rings is 1. The third kappa shape index (κ3) is 2.76. The summed E-state index contributed by atoms with van der Waals surface area (Å²) >= 11 is 0. The van der Waals surface area contributed by atoms with Crippen LogP contribution in [0.3, 0.4) is 0 Å². The van der Waals surface area contributed by atoms with E-state index in [1.807, 2.05) is 28.5 Å². The van der Waals surface area contributed by atoms with Crippen LogP contribution in [-0.4, -0.2) is 40.1 Å². The van der Waals surface area contributed by atoms with Gasteiger partial charge >= 0.3 is 0 Å². The molecule has 27 heavy (non-hydrogen) atoms. The number of para-hydroxylation sites is 1. The molecule has 6 nitrogen and oxygen atoms in total. The van der Waals surface area contributed by atoms with Crippen LogP contribution in [0.2, 0.25) is 0 Å². The Balaban J connectivity index is 1.32. The minimum absolute atomic E-state index is 0.100. The molecule has 1 saturated heterocycles. The summed E-state index contributed by atoms with van der Waals surface area (Å²) in [7, 11) is 0. The van der Waals surface area contributed by atoms with Crippen LogP contribution in [0, 0.1) is 12.8 Å². The molecule has 1 fully saturated rings. The van der Waals surface area contributed by atoms with E-state index >= 15 is 0 Å². The van der Waals surface area contributed by atoms with Crippen molar-refractivity contribution >= 4 is 23.1 Å². The van der Waals surface area contributed by atoms with Crippen molar-refractivity contribution in [2.24, 2.45) is 5.92 Å². The molecule has 1 amide bonds. The number of aromatic nitrogens is 3. The average Bonchev–Trinajstić information content (AvgIpc) is 3.33. The predicted molar refractivity (Wildman–Crippen MR) is 105 cm³/mol. The molecule has 0 spiro atoms. The minimum atomic E-state index is 0.100. The fourth-order valence-electron chi connectivity index (χ4n) is 4.39. The van der Waals surface area contributed by atoms with E-state index in [4.69, 9.17) is 0 Å². The zero-order chi connectivity index (χ0) is 18.4. The monoisotopic (exact) mass is 361 g/mol. The van der Waals surface area contributed by atoms with Gasteiger partial charge in [-0.3, -0.25) is 4.79 Å². The van der Waals surface area contributed by atoms with Gasteiger partial charge in [0, 0.05) is 49.1 Å². The first-order valence-electron chi connectivity index (χ1n) is 9.66. The van der Waals surface area contributed by atoms with Crippen LogP contribution in [0.5, 0.6) is 0 Å². The Kier molecular flexibility index (Phi) is 3.85. The standard InChI is InChI=1S/C21H23N5O/c1-15-14-20(26-19(23-15)6-10-22-26)24-11-7-17(8-12-24)21(27)25-13-9-16-4-2-3-5-18(16)25/h2-6,10,14,17H,7-9,11-13H2,1H3. The molecule has 0 radical (unpaired) electrons. The van der Waals surface area contributed by atoms with Gasteiger partial charge < -0.3 is 9.80 Å². The van der Waals surface area contributed by atoms with Crippen LogP contribution in [-0.2, 0) is 11.2 Å². The quantitative estimate of drug-likeness (QED) is 0.704. The largest absolute Gasteiger partial charge is 0.356 e. The molecule has 0 aliphatic carbocycles. The smallest absolute Gasteiger partial charge is 0.230 e. The number of carbonyl (C=O) groups is 1. The fraction of sp³-hybridized carbons (Fsp3) is 0.381. The number of rotatable bonds is 2. The Bertz CT molecular complexity index is 1000. The van der Waals surface area contributed by atoms with Gasteiger partial charge in [-0.2, -0.15) is 9.61 Å². The average molecular weight is 361 g/mol. The molecule has 0 N–H and O–H groups in total. The van der Waals surface area contributed by atoms with E-state index in [-0.39, 0.29) is 11.8 Å². The van der Waals surface area contributed by atoms with E-state index in [1.165, 1.54) is 5.56 Å². The Labute approximate surface area is 158 Å². The summed E-state index contributed by atoms with van der Waals surface area (Å²) in [5, 5.41) is 4.41. The van der Waals surface area contributed by atoms with Gasteiger partial charge in [-0.15, -0.1) is 0 Å². The number of nitrogens with zero attached hydrogens (tertiary/aromatic N) is 5. The number of fused-ring (bicyclic) bond motifs is 2. The number of hydrogen-bond donors (Lipinski definition) is 0. The molecule has 5 rings (SSSR count). The molecular weight excluding hydrogens is 338 g/mol. The number of anilines is 2. The lowest BCUT2D eigenvalue weighted by molar-refractivity contribution is -0.122. The summed E-state index contributed by atoms with van der Waals surface area (Å²) in [5.74, 6) is 1.46. The highest BCUT2D eigenvalue weighted by Crippen LogP contribution is 2.32. The molecular formula is C21H23N5O. The van der Waals surface area contributed by atoms with Gasteiger partial charge in [0.25, 0.3) is 0 Å². The van der Waals surface area contributed by atoms with Crippen molar-refractivity contribution < 1.29 is 4.79 Å². The second kappa shape index (κ2) is 6.37.